The van der Waals surface area contributed by atoms with E-state index < -0.39 is 12.2 Å². The van der Waals surface area contributed by atoms with E-state index in [-0.39, 0.29) is 0 Å². The predicted molar refractivity (Wildman–Crippen MR) is 85.2 cm³/mol. The number of carbonyl (C=O) groups is 1. The van der Waals surface area contributed by atoms with Gasteiger partial charge in [0.15, 0.2) is 11.9 Å². The van der Waals surface area contributed by atoms with E-state index in [4.69, 9.17) is 9.57 Å². The fraction of sp³-hybridized carbons (Fsp3) is 0.375. The SMILES string of the molecule is Cc1cccc2cc(C(=O)NOC3CCCCO3)c3nnnn3c12. The minimum Gasteiger partial charge on any atom is -0.350 e. The number of ether oxygens (including phenoxy) is 1. The number of para-hydroxylation sites is 1. The van der Waals surface area contributed by atoms with Crippen molar-refractivity contribution in [1.29, 1.82) is 0 Å². The van der Waals surface area contributed by atoms with Crippen LogP contribution in [0.25, 0.3) is 16.6 Å². The Bertz CT molecular complexity index is 901. The molecule has 1 N–H and O–H groups in total. The van der Waals surface area contributed by atoms with Crippen molar-refractivity contribution in [3.63, 3.8) is 0 Å². The highest BCUT2D eigenvalue weighted by molar-refractivity contribution is 6.03. The van der Waals surface area contributed by atoms with Crippen LogP contribution in [0.4, 0.5) is 0 Å². The zero-order valence-corrected chi connectivity index (χ0v) is 13.2. The van der Waals surface area contributed by atoms with Gasteiger partial charge in [-0.25, -0.2) is 10.3 Å². The number of benzene rings is 1. The number of hydroxylamine groups is 1. The largest absolute Gasteiger partial charge is 0.350 e. The summed E-state index contributed by atoms with van der Waals surface area (Å²) in [6.45, 7) is 2.63. The van der Waals surface area contributed by atoms with E-state index in [0.717, 1.165) is 35.7 Å². The number of fused-ring (bicyclic) bond motifs is 3. The summed E-state index contributed by atoms with van der Waals surface area (Å²) in [6, 6.07) is 7.61. The summed E-state index contributed by atoms with van der Waals surface area (Å²) in [5.41, 5.74) is 5.12. The van der Waals surface area contributed by atoms with Crippen molar-refractivity contribution >= 4 is 22.5 Å². The Balaban J connectivity index is 1.67. The van der Waals surface area contributed by atoms with Crippen LogP contribution in [0.15, 0.2) is 24.3 Å². The van der Waals surface area contributed by atoms with Gasteiger partial charge in [0.2, 0.25) is 0 Å². The predicted octanol–water partition coefficient (Wildman–Crippen LogP) is 1.77. The molecule has 1 aliphatic heterocycles. The molecule has 1 fully saturated rings. The number of aromatic nitrogens is 4. The first-order valence-corrected chi connectivity index (χ1v) is 7.92. The first-order valence-electron chi connectivity index (χ1n) is 7.92. The number of hydrogen-bond acceptors (Lipinski definition) is 6. The van der Waals surface area contributed by atoms with Crippen molar-refractivity contribution < 1.29 is 14.4 Å². The average molecular weight is 327 g/mol. The van der Waals surface area contributed by atoms with Crippen LogP contribution < -0.4 is 5.48 Å². The van der Waals surface area contributed by atoms with Crippen LogP contribution in [0, 0.1) is 6.92 Å². The van der Waals surface area contributed by atoms with Gasteiger partial charge in [-0.15, -0.1) is 5.10 Å². The van der Waals surface area contributed by atoms with Gasteiger partial charge < -0.3 is 4.74 Å². The molecule has 1 atom stereocenters. The zero-order valence-electron chi connectivity index (χ0n) is 13.2. The molecule has 8 nitrogen and oxygen atoms in total. The molecule has 0 aliphatic carbocycles. The number of tetrazole rings is 1. The number of pyridine rings is 1. The average Bonchev–Trinajstić information content (AvgIpc) is 3.09. The van der Waals surface area contributed by atoms with Gasteiger partial charge in [0.25, 0.3) is 5.91 Å². The second-order valence-corrected chi connectivity index (χ2v) is 5.83. The highest BCUT2D eigenvalue weighted by Crippen LogP contribution is 2.22. The number of hydrogen-bond donors (Lipinski definition) is 1. The van der Waals surface area contributed by atoms with Crippen LogP contribution in [0.5, 0.6) is 0 Å². The lowest BCUT2D eigenvalue weighted by Gasteiger charge is -2.22. The molecule has 3 heterocycles. The van der Waals surface area contributed by atoms with Crippen LogP contribution in [-0.2, 0) is 9.57 Å². The Kier molecular flexibility index (Phi) is 3.83. The summed E-state index contributed by atoms with van der Waals surface area (Å²) < 4.78 is 7.02. The second-order valence-electron chi connectivity index (χ2n) is 5.83. The normalized spacial score (nSPS) is 18.1. The van der Waals surface area contributed by atoms with E-state index in [1.54, 1.807) is 10.6 Å². The lowest BCUT2D eigenvalue weighted by molar-refractivity contribution is -0.186. The number of aryl methyl sites for hydroxylation is 1. The van der Waals surface area contributed by atoms with Crippen LogP contribution in [-0.4, -0.2) is 38.8 Å². The molecule has 1 aromatic carbocycles. The summed E-state index contributed by atoms with van der Waals surface area (Å²) in [4.78, 5) is 17.9. The minimum absolute atomic E-state index is 0.355. The molecular formula is C16H17N5O3. The van der Waals surface area contributed by atoms with Crippen molar-refractivity contribution in [2.75, 3.05) is 6.61 Å². The van der Waals surface area contributed by atoms with Crippen LogP contribution >= 0.6 is 0 Å². The molecule has 0 saturated carbocycles. The first kappa shape index (κ1) is 15.0. The van der Waals surface area contributed by atoms with Crippen LogP contribution in [0.1, 0.15) is 35.2 Å². The number of carbonyl (C=O) groups excluding carboxylic acids is 1. The maximum absolute atomic E-state index is 12.5. The van der Waals surface area contributed by atoms with Crippen LogP contribution in [0.3, 0.4) is 0 Å². The Morgan fingerprint density at radius 3 is 3.17 bits per heavy atom. The quantitative estimate of drug-likeness (QED) is 0.737. The molecule has 2 aromatic heterocycles. The summed E-state index contributed by atoms with van der Waals surface area (Å²) in [6.07, 6.45) is 2.40. The Morgan fingerprint density at radius 1 is 1.42 bits per heavy atom. The van der Waals surface area contributed by atoms with Gasteiger partial charge in [0.1, 0.15) is 0 Å². The van der Waals surface area contributed by atoms with Crippen molar-refractivity contribution in [2.24, 2.45) is 0 Å². The van der Waals surface area contributed by atoms with E-state index in [9.17, 15) is 4.79 Å². The molecule has 24 heavy (non-hydrogen) atoms. The van der Waals surface area contributed by atoms with Gasteiger partial charge >= 0.3 is 0 Å². The third kappa shape index (κ3) is 2.59. The molecule has 0 bridgehead atoms. The van der Waals surface area contributed by atoms with Gasteiger partial charge in [-0.2, -0.15) is 4.52 Å². The van der Waals surface area contributed by atoms with Gasteiger partial charge in [-0.05, 0) is 41.8 Å². The monoisotopic (exact) mass is 327 g/mol. The summed E-state index contributed by atoms with van der Waals surface area (Å²) in [5, 5.41) is 12.6. The highest BCUT2D eigenvalue weighted by Gasteiger charge is 2.20. The van der Waals surface area contributed by atoms with Crippen molar-refractivity contribution in [2.45, 2.75) is 32.5 Å². The standard InChI is InChI=1S/C16H17N5O3/c1-10-5-4-6-11-9-12(15-17-19-20-21(15)14(10)11)16(22)18-24-13-7-2-3-8-23-13/h4-6,9,13H,2-3,7-8H2,1H3,(H,18,22). The summed E-state index contributed by atoms with van der Waals surface area (Å²) in [5.74, 6) is -0.396. The minimum atomic E-state index is -0.405. The summed E-state index contributed by atoms with van der Waals surface area (Å²) in [7, 11) is 0. The van der Waals surface area contributed by atoms with E-state index in [1.165, 1.54) is 0 Å². The molecule has 1 aliphatic rings. The van der Waals surface area contributed by atoms with Crippen molar-refractivity contribution in [3.8, 4) is 0 Å². The molecular weight excluding hydrogens is 310 g/mol. The van der Waals surface area contributed by atoms with E-state index in [1.807, 2.05) is 25.1 Å². The third-order valence-electron chi connectivity index (χ3n) is 4.16. The molecule has 124 valence electrons. The molecule has 1 unspecified atom stereocenters. The lowest BCUT2D eigenvalue weighted by atomic mass is 10.1. The second kappa shape index (κ2) is 6.14. The van der Waals surface area contributed by atoms with Crippen LogP contribution in [0.2, 0.25) is 0 Å². The van der Waals surface area contributed by atoms with Crippen molar-refractivity contribution in [3.05, 3.63) is 35.4 Å². The maximum Gasteiger partial charge on any atom is 0.278 e. The number of amides is 1. The van der Waals surface area contributed by atoms with Gasteiger partial charge in [0.05, 0.1) is 11.1 Å². The maximum atomic E-state index is 12.5. The van der Waals surface area contributed by atoms with E-state index in [0.29, 0.717) is 17.8 Å². The third-order valence-corrected chi connectivity index (χ3v) is 4.16. The van der Waals surface area contributed by atoms with E-state index >= 15 is 0 Å². The molecule has 1 amide bonds. The van der Waals surface area contributed by atoms with Gasteiger partial charge in [0, 0.05) is 18.4 Å². The zero-order chi connectivity index (χ0) is 16.5. The topological polar surface area (TPSA) is 90.6 Å². The summed E-state index contributed by atoms with van der Waals surface area (Å²) >= 11 is 0. The molecule has 3 aromatic rings. The molecule has 8 heteroatoms. The first-order chi connectivity index (χ1) is 11.7. The highest BCUT2D eigenvalue weighted by atomic mass is 16.8. The van der Waals surface area contributed by atoms with E-state index in [2.05, 4.69) is 21.0 Å². The number of rotatable bonds is 3. The fourth-order valence-electron chi connectivity index (χ4n) is 2.96. The van der Waals surface area contributed by atoms with Crippen molar-refractivity contribution in [1.82, 2.24) is 25.5 Å². The lowest BCUT2D eigenvalue weighted by Crippen LogP contribution is -2.33. The Labute approximate surface area is 137 Å². The molecule has 0 spiro atoms. The number of nitrogens with zero attached hydrogens (tertiary/aromatic N) is 4. The van der Waals surface area contributed by atoms with Gasteiger partial charge in [-0.3, -0.25) is 4.79 Å². The Hall–Kier alpha value is -2.58. The molecule has 0 radical (unpaired) electrons. The molecule has 4 rings (SSSR count). The number of nitrogens with one attached hydrogen (secondary N) is 1. The molecule has 1 saturated heterocycles. The smallest absolute Gasteiger partial charge is 0.278 e. The Morgan fingerprint density at radius 2 is 2.33 bits per heavy atom. The van der Waals surface area contributed by atoms with Gasteiger partial charge in [-0.1, -0.05) is 18.2 Å². The fourth-order valence-corrected chi connectivity index (χ4v) is 2.96.